The SMILES string of the molecule is CCOC(=O)c1c(C)[nH]c(C(=O)NCC(F)(F)F)c1C. The molecule has 20 heavy (non-hydrogen) atoms. The van der Waals surface area contributed by atoms with Crippen LogP contribution in [0.25, 0.3) is 0 Å². The van der Waals surface area contributed by atoms with E-state index in [4.69, 9.17) is 4.74 Å². The number of esters is 1. The van der Waals surface area contributed by atoms with E-state index >= 15 is 0 Å². The van der Waals surface area contributed by atoms with Crippen LogP contribution in [-0.2, 0) is 4.74 Å². The van der Waals surface area contributed by atoms with Crippen LogP contribution in [0.5, 0.6) is 0 Å². The number of hydrogen-bond acceptors (Lipinski definition) is 3. The zero-order chi connectivity index (χ0) is 15.5. The Kier molecular flexibility index (Phi) is 4.80. The van der Waals surface area contributed by atoms with Gasteiger partial charge < -0.3 is 15.0 Å². The van der Waals surface area contributed by atoms with Gasteiger partial charge in [0.25, 0.3) is 5.91 Å². The van der Waals surface area contributed by atoms with Crippen molar-refractivity contribution < 1.29 is 27.5 Å². The van der Waals surface area contributed by atoms with Gasteiger partial charge in [0, 0.05) is 5.69 Å². The van der Waals surface area contributed by atoms with Gasteiger partial charge in [0.1, 0.15) is 12.2 Å². The van der Waals surface area contributed by atoms with Crippen LogP contribution in [0.1, 0.15) is 39.0 Å². The predicted octanol–water partition coefficient (Wildman–Crippen LogP) is 2.10. The van der Waals surface area contributed by atoms with Gasteiger partial charge in [-0.1, -0.05) is 0 Å². The van der Waals surface area contributed by atoms with Crippen LogP contribution in [0.3, 0.4) is 0 Å². The Hall–Kier alpha value is -1.99. The molecule has 0 radical (unpaired) electrons. The molecular weight excluding hydrogens is 277 g/mol. The highest BCUT2D eigenvalue weighted by Gasteiger charge is 2.29. The highest BCUT2D eigenvalue weighted by molar-refractivity contribution is 6.00. The fourth-order valence-corrected chi connectivity index (χ4v) is 1.76. The molecule has 1 amide bonds. The second-order valence-electron chi connectivity index (χ2n) is 4.14. The number of aryl methyl sites for hydroxylation is 1. The summed E-state index contributed by atoms with van der Waals surface area (Å²) in [5.74, 6) is -1.54. The molecule has 0 saturated carbocycles. The monoisotopic (exact) mass is 292 g/mol. The van der Waals surface area contributed by atoms with E-state index in [0.717, 1.165) is 0 Å². The Morgan fingerprint density at radius 2 is 1.90 bits per heavy atom. The Morgan fingerprint density at radius 3 is 2.40 bits per heavy atom. The van der Waals surface area contributed by atoms with Gasteiger partial charge >= 0.3 is 12.1 Å². The van der Waals surface area contributed by atoms with Crippen molar-refractivity contribution in [3.8, 4) is 0 Å². The number of aromatic nitrogens is 1. The van der Waals surface area contributed by atoms with Crippen molar-refractivity contribution in [2.24, 2.45) is 0 Å². The Morgan fingerprint density at radius 1 is 1.30 bits per heavy atom. The number of alkyl halides is 3. The van der Waals surface area contributed by atoms with Crippen molar-refractivity contribution in [3.63, 3.8) is 0 Å². The number of halogens is 3. The van der Waals surface area contributed by atoms with Crippen LogP contribution in [0, 0.1) is 13.8 Å². The van der Waals surface area contributed by atoms with Gasteiger partial charge in [-0.2, -0.15) is 13.2 Å². The van der Waals surface area contributed by atoms with Crippen molar-refractivity contribution >= 4 is 11.9 Å². The van der Waals surface area contributed by atoms with Crippen LogP contribution in [0.4, 0.5) is 13.2 Å². The van der Waals surface area contributed by atoms with E-state index < -0.39 is 24.6 Å². The molecule has 0 aromatic carbocycles. The second-order valence-corrected chi connectivity index (χ2v) is 4.14. The number of carbonyl (C=O) groups excluding carboxylic acids is 2. The van der Waals surface area contributed by atoms with E-state index in [1.165, 1.54) is 6.92 Å². The number of aromatic amines is 1. The molecule has 0 bridgehead atoms. The van der Waals surface area contributed by atoms with E-state index in [2.05, 4.69) is 4.98 Å². The molecule has 0 spiro atoms. The van der Waals surface area contributed by atoms with Gasteiger partial charge in [0.2, 0.25) is 0 Å². The van der Waals surface area contributed by atoms with Crippen molar-refractivity contribution in [1.29, 1.82) is 0 Å². The maximum Gasteiger partial charge on any atom is 0.405 e. The molecule has 2 N–H and O–H groups in total. The van der Waals surface area contributed by atoms with Crippen LogP contribution in [0.2, 0.25) is 0 Å². The summed E-state index contributed by atoms with van der Waals surface area (Å²) in [6, 6.07) is 0. The summed E-state index contributed by atoms with van der Waals surface area (Å²) in [6.07, 6.45) is -4.49. The maximum absolute atomic E-state index is 12.0. The second kappa shape index (κ2) is 5.98. The average molecular weight is 292 g/mol. The van der Waals surface area contributed by atoms with Gasteiger partial charge in [-0.25, -0.2) is 4.79 Å². The molecule has 0 aliphatic heterocycles. The normalized spacial score (nSPS) is 11.3. The lowest BCUT2D eigenvalue weighted by molar-refractivity contribution is -0.123. The van der Waals surface area contributed by atoms with Crippen molar-refractivity contribution in [2.45, 2.75) is 26.9 Å². The fraction of sp³-hybridized carbons (Fsp3) is 0.500. The Bertz CT molecular complexity index is 521. The van der Waals surface area contributed by atoms with Gasteiger partial charge in [0.05, 0.1) is 12.2 Å². The van der Waals surface area contributed by atoms with Crippen LogP contribution in [-0.4, -0.2) is 36.2 Å². The molecule has 1 aromatic heterocycles. The minimum atomic E-state index is -4.49. The first-order valence-electron chi connectivity index (χ1n) is 5.88. The summed E-state index contributed by atoms with van der Waals surface area (Å²) in [5, 5.41) is 1.74. The molecule has 1 rings (SSSR count). The molecule has 1 heterocycles. The highest BCUT2D eigenvalue weighted by Crippen LogP contribution is 2.19. The molecule has 8 heteroatoms. The topological polar surface area (TPSA) is 71.2 Å². The number of H-pyrrole nitrogens is 1. The van der Waals surface area contributed by atoms with Crippen molar-refractivity contribution in [3.05, 3.63) is 22.5 Å². The van der Waals surface area contributed by atoms with Crippen LogP contribution in [0.15, 0.2) is 0 Å². The average Bonchev–Trinajstić information content (AvgIpc) is 2.61. The minimum Gasteiger partial charge on any atom is -0.462 e. The number of carbonyl (C=O) groups is 2. The molecule has 0 fully saturated rings. The van der Waals surface area contributed by atoms with Gasteiger partial charge in [-0.05, 0) is 26.3 Å². The van der Waals surface area contributed by atoms with Crippen molar-refractivity contribution in [1.82, 2.24) is 10.3 Å². The van der Waals surface area contributed by atoms with Gasteiger partial charge in [0.15, 0.2) is 0 Å². The summed E-state index contributed by atoms with van der Waals surface area (Å²) in [4.78, 5) is 26.0. The Balaban J connectivity index is 2.95. The third-order valence-electron chi connectivity index (χ3n) is 2.59. The van der Waals surface area contributed by atoms with E-state index in [9.17, 15) is 22.8 Å². The molecule has 0 atom stereocenters. The number of hydrogen-bond donors (Lipinski definition) is 2. The number of rotatable bonds is 4. The van der Waals surface area contributed by atoms with E-state index in [-0.39, 0.29) is 23.4 Å². The largest absolute Gasteiger partial charge is 0.462 e. The molecule has 0 saturated heterocycles. The third kappa shape index (κ3) is 3.75. The maximum atomic E-state index is 12.0. The summed E-state index contributed by atoms with van der Waals surface area (Å²) in [7, 11) is 0. The first kappa shape index (κ1) is 16.1. The number of amides is 1. The first-order valence-corrected chi connectivity index (χ1v) is 5.88. The molecular formula is C12H15F3N2O3. The fourth-order valence-electron chi connectivity index (χ4n) is 1.76. The van der Waals surface area contributed by atoms with E-state index in [1.807, 2.05) is 0 Å². The zero-order valence-corrected chi connectivity index (χ0v) is 11.3. The van der Waals surface area contributed by atoms with Crippen LogP contribution < -0.4 is 5.32 Å². The molecule has 0 aliphatic rings. The predicted molar refractivity (Wildman–Crippen MR) is 64.6 cm³/mol. The number of ether oxygens (including phenoxy) is 1. The highest BCUT2D eigenvalue weighted by atomic mass is 19.4. The smallest absolute Gasteiger partial charge is 0.405 e. The lowest BCUT2D eigenvalue weighted by atomic mass is 10.1. The zero-order valence-electron chi connectivity index (χ0n) is 11.3. The van der Waals surface area contributed by atoms with Crippen molar-refractivity contribution in [2.75, 3.05) is 13.2 Å². The molecule has 5 nitrogen and oxygen atoms in total. The quantitative estimate of drug-likeness (QED) is 0.835. The summed E-state index contributed by atoms with van der Waals surface area (Å²) in [5.41, 5.74) is 0.734. The number of nitrogens with one attached hydrogen (secondary N) is 2. The lowest BCUT2D eigenvalue weighted by Crippen LogP contribution is -2.34. The molecule has 0 aliphatic carbocycles. The molecule has 0 unspecified atom stereocenters. The van der Waals surface area contributed by atoms with Gasteiger partial charge in [-0.3, -0.25) is 4.79 Å². The first-order chi connectivity index (χ1) is 9.17. The lowest BCUT2D eigenvalue weighted by Gasteiger charge is -2.08. The molecule has 112 valence electrons. The summed E-state index contributed by atoms with van der Waals surface area (Å²) < 4.78 is 41.0. The summed E-state index contributed by atoms with van der Waals surface area (Å²) in [6.45, 7) is 3.38. The van der Waals surface area contributed by atoms with E-state index in [0.29, 0.717) is 5.69 Å². The third-order valence-corrected chi connectivity index (χ3v) is 2.59. The minimum absolute atomic E-state index is 0.0743. The van der Waals surface area contributed by atoms with E-state index in [1.54, 1.807) is 19.2 Å². The standard InChI is InChI=1S/C12H15F3N2O3/c1-4-20-11(19)8-6(2)9(17-7(8)3)10(18)16-5-12(13,14)15/h17H,4-5H2,1-3H3,(H,16,18). The Labute approximate surface area is 113 Å². The molecule has 1 aromatic rings. The summed E-state index contributed by atoms with van der Waals surface area (Å²) >= 11 is 0. The van der Waals surface area contributed by atoms with Crippen LogP contribution >= 0.6 is 0 Å². The van der Waals surface area contributed by atoms with Gasteiger partial charge in [-0.15, -0.1) is 0 Å².